The number of hydrogen-bond donors (Lipinski definition) is 3. The Morgan fingerprint density at radius 1 is 1.55 bits per heavy atom. The number of rotatable bonds is 5. The number of anilines is 1. The Balaban J connectivity index is 1.51. The molecule has 0 saturated heterocycles. The van der Waals surface area contributed by atoms with Gasteiger partial charge in [-0.2, -0.15) is 10.1 Å². The third kappa shape index (κ3) is 2.60. The molecular formula is C11H13ClN6O2. The molecule has 1 aliphatic rings. The molecule has 1 saturated carbocycles. The monoisotopic (exact) mass is 296 g/mol. The lowest BCUT2D eigenvalue weighted by atomic mass is 10.3. The number of carbonyl (C=O) groups is 1. The van der Waals surface area contributed by atoms with Gasteiger partial charge in [-0.25, -0.2) is 0 Å². The molecule has 20 heavy (non-hydrogen) atoms. The fourth-order valence-corrected chi connectivity index (χ4v) is 1.91. The van der Waals surface area contributed by atoms with Crippen molar-refractivity contribution in [2.24, 2.45) is 0 Å². The molecule has 1 fully saturated rings. The van der Waals surface area contributed by atoms with Gasteiger partial charge in [-0.05, 0) is 12.8 Å². The first-order valence-corrected chi connectivity index (χ1v) is 6.63. The molecule has 0 spiro atoms. The van der Waals surface area contributed by atoms with Crippen LogP contribution in [0.4, 0.5) is 5.82 Å². The zero-order valence-electron chi connectivity index (χ0n) is 10.5. The molecule has 0 atom stereocenters. The van der Waals surface area contributed by atoms with Crippen molar-refractivity contribution in [3.63, 3.8) is 0 Å². The van der Waals surface area contributed by atoms with Crippen molar-refractivity contribution in [2.75, 3.05) is 12.3 Å². The minimum absolute atomic E-state index is 0.0998. The minimum atomic E-state index is -0.374. The van der Waals surface area contributed by atoms with Crippen molar-refractivity contribution in [2.45, 2.75) is 25.2 Å². The number of H-pyrrole nitrogens is 1. The van der Waals surface area contributed by atoms with Gasteiger partial charge in [0.25, 0.3) is 5.91 Å². The maximum absolute atomic E-state index is 11.8. The van der Waals surface area contributed by atoms with Crippen molar-refractivity contribution < 1.29 is 9.32 Å². The van der Waals surface area contributed by atoms with E-state index in [0.29, 0.717) is 24.8 Å². The number of halogens is 1. The van der Waals surface area contributed by atoms with Crippen molar-refractivity contribution >= 4 is 23.3 Å². The van der Waals surface area contributed by atoms with Gasteiger partial charge in [-0.15, -0.1) is 0 Å². The van der Waals surface area contributed by atoms with Gasteiger partial charge in [-0.3, -0.25) is 9.89 Å². The van der Waals surface area contributed by atoms with Gasteiger partial charge >= 0.3 is 0 Å². The van der Waals surface area contributed by atoms with Gasteiger partial charge in [0, 0.05) is 18.9 Å². The predicted octanol–water partition coefficient (Wildman–Crippen LogP) is 0.878. The molecule has 106 valence electrons. The molecule has 1 aliphatic carbocycles. The fourth-order valence-electron chi connectivity index (χ4n) is 1.74. The van der Waals surface area contributed by atoms with Crippen molar-refractivity contribution in [1.29, 1.82) is 0 Å². The van der Waals surface area contributed by atoms with Gasteiger partial charge in [0.1, 0.15) is 10.7 Å². The summed E-state index contributed by atoms with van der Waals surface area (Å²) in [5.41, 5.74) is 5.59. The Kier molecular flexibility index (Phi) is 3.31. The molecule has 0 unspecified atom stereocenters. The Morgan fingerprint density at radius 2 is 2.35 bits per heavy atom. The Bertz CT molecular complexity index is 633. The van der Waals surface area contributed by atoms with Crippen LogP contribution >= 0.6 is 11.6 Å². The molecule has 2 heterocycles. The van der Waals surface area contributed by atoms with Crippen molar-refractivity contribution in [3.05, 3.63) is 22.4 Å². The lowest BCUT2D eigenvalue weighted by molar-refractivity contribution is 0.0948. The minimum Gasteiger partial charge on any atom is -0.381 e. The Morgan fingerprint density at radius 3 is 3.00 bits per heavy atom. The van der Waals surface area contributed by atoms with E-state index < -0.39 is 0 Å². The third-order valence-corrected chi connectivity index (χ3v) is 3.39. The number of carbonyl (C=O) groups excluding carboxylic acids is 1. The van der Waals surface area contributed by atoms with E-state index in [9.17, 15) is 4.79 Å². The lowest BCUT2D eigenvalue weighted by Gasteiger charge is -2.01. The number of hydrogen-bond acceptors (Lipinski definition) is 6. The van der Waals surface area contributed by atoms with Crippen LogP contribution in [0, 0.1) is 0 Å². The Hall–Kier alpha value is -2.09. The summed E-state index contributed by atoms with van der Waals surface area (Å²) in [6, 6.07) is 0. The van der Waals surface area contributed by atoms with Crippen LogP contribution in [0.15, 0.2) is 4.52 Å². The van der Waals surface area contributed by atoms with Gasteiger partial charge in [-0.1, -0.05) is 16.8 Å². The molecule has 4 N–H and O–H groups in total. The Labute approximate surface area is 119 Å². The van der Waals surface area contributed by atoms with Crippen LogP contribution in [0.25, 0.3) is 0 Å². The molecule has 0 radical (unpaired) electrons. The van der Waals surface area contributed by atoms with Crippen molar-refractivity contribution in [1.82, 2.24) is 25.7 Å². The smallest absolute Gasteiger partial charge is 0.270 e. The molecule has 2 aromatic heterocycles. The van der Waals surface area contributed by atoms with E-state index in [1.165, 1.54) is 0 Å². The molecule has 0 aromatic carbocycles. The zero-order chi connectivity index (χ0) is 14.1. The molecule has 0 bridgehead atoms. The summed E-state index contributed by atoms with van der Waals surface area (Å²) < 4.78 is 5.10. The molecule has 1 amide bonds. The third-order valence-electron chi connectivity index (χ3n) is 3.01. The summed E-state index contributed by atoms with van der Waals surface area (Å²) in [6.07, 6.45) is 2.71. The molecular weight excluding hydrogens is 284 g/mol. The summed E-state index contributed by atoms with van der Waals surface area (Å²) in [7, 11) is 0. The van der Waals surface area contributed by atoms with E-state index in [-0.39, 0.29) is 22.4 Å². The number of aromatic nitrogens is 4. The largest absolute Gasteiger partial charge is 0.381 e. The second-order valence-corrected chi connectivity index (χ2v) is 5.00. The standard InChI is InChI=1S/C11H13ClN6O2/c12-7-8(16-17-9(7)13)11(19)14-4-3-6-15-10(18-20-6)5-1-2-5/h5H,1-4H2,(H,14,19)(H3,13,16,17). The van der Waals surface area contributed by atoms with Crippen LogP contribution in [0.1, 0.15) is 41.0 Å². The number of nitrogens with one attached hydrogen (secondary N) is 2. The van der Waals surface area contributed by atoms with E-state index in [4.69, 9.17) is 21.9 Å². The van der Waals surface area contributed by atoms with Crippen LogP contribution in [0.3, 0.4) is 0 Å². The predicted molar refractivity (Wildman–Crippen MR) is 70.3 cm³/mol. The normalized spacial score (nSPS) is 14.4. The molecule has 2 aromatic rings. The highest BCUT2D eigenvalue weighted by molar-refractivity contribution is 6.35. The highest BCUT2D eigenvalue weighted by Gasteiger charge is 2.28. The van der Waals surface area contributed by atoms with Crippen LogP contribution < -0.4 is 11.1 Å². The summed E-state index contributed by atoms with van der Waals surface area (Å²) >= 11 is 5.82. The van der Waals surface area contributed by atoms with E-state index in [1.807, 2.05) is 0 Å². The second kappa shape index (κ2) is 5.12. The summed E-state index contributed by atoms with van der Waals surface area (Å²) in [5, 5.41) is 12.8. The van der Waals surface area contributed by atoms with E-state index in [1.54, 1.807) is 0 Å². The number of nitrogens with two attached hydrogens (primary N) is 1. The van der Waals surface area contributed by atoms with Gasteiger partial charge < -0.3 is 15.6 Å². The highest BCUT2D eigenvalue weighted by Crippen LogP contribution is 2.38. The number of nitrogens with zero attached hydrogens (tertiary/aromatic N) is 3. The molecule has 0 aliphatic heterocycles. The zero-order valence-corrected chi connectivity index (χ0v) is 11.3. The maximum atomic E-state index is 11.8. The van der Waals surface area contributed by atoms with Gasteiger partial charge in [0.2, 0.25) is 5.89 Å². The second-order valence-electron chi connectivity index (χ2n) is 4.62. The van der Waals surface area contributed by atoms with Crippen LogP contribution in [-0.4, -0.2) is 32.8 Å². The summed E-state index contributed by atoms with van der Waals surface area (Å²) in [6.45, 7) is 0.361. The summed E-state index contributed by atoms with van der Waals surface area (Å²) in [5.74, 6) is 1.45. The first kappa shape index (κ1) is 12.9. The summed E-state index contributed by atoms with van der Waals surface area (Å²) in [4.78, 5) is 16.1. The van der Waals surface area contributed by atoms with Gasteiger partial charge in [0.05, 0.1) is 0 Å². The van der Waals surface area contributed by atoms with Crippen LogP contribution in [-0.2, 0) is 6.42 Å². The lowest BCUT2D eigenvalue weighted by Crippen LogP contribution is -2.26. The first-order chi connectivity index (χ1) is 9.65. The average Bonchev–Trinajstić information content (AvgIpc) is 3.09. The molecule has 9 heteroatoms. The first-order valence-electron chi connectivity index (χ1n) is 6.25. The average molecular weight is 297 g/mol. The maximum Gasteiger partial charge on any atom is 0.270 e. The topological polar surface area (TPSA) is 123 Å². The number of nitrogen functional groups attached to an aromatic ring is 1. The molecule has 8 nitrogen and oxygen atoms in total. The fraction of sp³-hybridized carbons (Fsp3) is 0.455. The number of aromatic amines is 1. The van der Waals surface area contributed by atoms with E-state index in [0.717, 1.165) is 18.7 Å². The van der Waals surface area contributed by atoms with Crippen LogP contribution in [0.5, 0.6) is 0 Å². The van der Waals surface area contributed by atoms with Gasteiger partial charge in [0.15, 0.2) is 11.6 Å². The van der Waals surface area contributed by atoms with E-state index in [2.05, 4.69) is 25.7 Å². The highest BCUT2D eigenvalue weighted by atomic mass is 35.5. The number of amides is 1. The van der Waals surface area contributed by atoms with E-state index >= 15 is 0 Å². The SMILES string of the molecule is Nc1n[nH]c(C(=O)NCCc2nc(C3CC3)no2)c1Cl. The van der Waals surface area contributed by atoms with Crippen LogP contribution in [0.2, 0.25) is 5.02 Å². The quantitative estimate of drug-likeness (QED) is 0.752. The van der Waals surface area contributed by atoms with Crippen molar-refractivity contribution in [3.8, 4) is 0 Å². The molecule has 3 rings (SSSR count).